The molecule has 25 heavy (non-hydrogen) atoms. The van der Waals surface area contributed by atoms with Gasteiger partial charge in [-0.3, -0.25) is 14.4 Å². The number of likely N-dealkylation sites (tertiary alicyclic amines) is 1. The summed E-state index contributed by atoms with van der Waals surface area (Å²) in [4.78, 5) is 38.8. The van der Waals surface area contributed by atoms with E-state index in [2.05, 4.69) is 10.1 Å². The summed E-state index contributed by atoms with van der Waals surface area (Å²) in [5, 5.41) is 2.61. The molecule has 1 aliphatic heterocycles. The Labute approximate surface area is 147 Å². The third kappa shape index (κ3) is 3.67. The molecule has 6 nitrogen and oxygen atoms in total. The summed E-state index contributed by atoms with van der Waals surface area (Å²) in [7, 11) is 1.28. The van der Waals surface area contributed by atoms with Crippen LogP contribution in [0.2, 0.25) is 0 Å². The van der Waals surface area contributed by atoms with E-state index in [9.17, 15) is 14.4 Å². The molecular weight excluding hydrogens is 320 g/mol. The fourth-order valence-corrected chi connectivity index (χ4v) is 4.07. The lowest BCUT2D eigenvalue weighted by molar-refractivity contribution is -0.141. The second kappa shape index (κ2) is 7.68. The molecule has 1 saturated carbocycles. The van der Waals surface area contributed by atoms with Crippen molar-refractivity contribution in [3.63, 3.8) is 0 Å². The molecule has 3 atom stereocenters. The minimum absolute atomic E-state index is 0.104. The maximum Gasteiger partial charge on any atom is 0.325 e. The van der Waals surface area contributed by atoms with E-state index in [1.807, 2.05) is 18.2 Å². The van der Waals surface area contributed by atoms with E-state index in [1.165, 1.54) is 7.11 Å². The molecule has 2 amide bonds. The van der Waals surface area contributed by atoms with Crippen molar-refractivity contribution in [2.45, 2.75) is 44.2 Å². The minimum Gasteiger partial charge on any atom is -0.468 e. The van der Waals surface area contributed by atoms with Crippen LogP contribution in [0.1, 0.15) is 42.5 Å². The number of fused-ring (bicyclic) bond motifs is 1. The van der Waals surface area contributed by atoms with E-state index >= 15 is 0 Å². The molecule has 1 N–H and O–H groups in total. The van der Waals surface area contributed by atoms with Crippen LogP contribution in [0.15, 0.2) is 30.3 Å². The largest absolute Gasteiger partial charge is 0.468 e. The Kier molecular flexibility index (Phi) is 5.36. The van der Waals surface area contributed by atoms with Crippen molar-refractivity contribution in [2.75, 3.05) is 13.7 Å². The Hall–Kier alpha value is -2.37. The molecule has 6 heteroatoms. The summed E-state index contributed by atoms with van der Waals surface area (Å²) < 4.78 is 4.57. The van der Waals surface area contributed by atoms with Crippen LogP contribution < -0.4 is 5.32 Å². The second-order valence-corrected chi connectivity index (χ2v) is 6.74. The zero-order valence-corrected chi connectivity index (χ0v) is 14.4. The number of ether oxygens (including phenoxy) is 1. The average Bonchev–Trinajstić information content (AvgIpc) is 3.05. The molecule has 0 bridgehead atoms. The highest BCUT2D eigenvalue weighted by Crippen LogP contribution is 2.40. The van der Waals surface area contributed by atoms with Crippen LogP contribution in [-0.2, 0) is 14.3 Å². The minimum atomic E-state index is -0.523. The van der Waals surface area contributed by atoms with E-state index in [0.717, 1.165) is 25.7 Å². The Balaban J connectivity index is 1.80. The van der Waals surface area contributed by atoms with Gasteiger partial charge in [0.2, 0.25) is 5.91 Å². The summed E-state index contributed by atoms with van der Waals surface area (Å²) in [6, 6.07) is 8.66. The first-order valence-electron chi connectivity index (χ1n) is 8.84. The van der Waals surface area contributed by atoms with Gasteiger partial charge in [0.05, 0.1) is 7.11 Å². The van der Waals surface area contributed by atoms with Gasteiger partial charge in [-0.1, -0.05) is 31.0 Å². The maximum absolute atomic E-state index is 13.1. The van der Waals surface area contributed by atoms with Crippen molar-refractivity contribution in [1.82, 2.24) is 10.2 Å². The molecule has 1 aromatic carbocycles. The lowest BCUT2D eigenvalue weighted by Gasteiger charge is -2.33. The van der Waals surface area contributed by atoms with Crippen LogP contribution in [0.25, 0.3) is 0 Å². The van der Waals surface area contributed by atoms with Crippen LogP contribution in [0, 0.1) is 5.92 Å². The van der Waals surface area contributed by atoms with Crippen molar-refractivity contribution >= 4 is 17.8 Å². The highest BCUT2D eigenvalue weighted by atomic mass is 16.5. The third-order valence-corrected chi connectivity index (χ3v) is 5.28. The molecule has 1 aromatic rings. The molecule has 134 valence electrons. The monoisotopic (exact) mass is 344 g/mol. The number of hydrogen-bond donors (Lipinski definition) is 1. The SMILES string of the molecule is COC(=O)CNC(=O)[C@@H]1C[C@H]2CCCC[C@H]2N1C(=O)c1ccccc1. The lowest BCUT2D eigenvalue weighted by atomic mass is 9.84. The molecule has 0 unspecified atom stereocenters. The molecule has 0 aromatic heterocycles. The molecule has 0 radical (unpaired) electrons. The highest BCUT2D eigenvalue weighted by molar-refractivity contribution is 5.98. The molecule has 3 rings (SSSR count). The average molecular weight is 344 g/mol. The van der Waals surface area contributed by atoms with Gasteiger partial charge in [0, 0.05) is 11.6 Å². The van der Waals surface area contributed by atoms with Gasteiger partial charge < -0.3 is 15.0 Å². The third-order valence-electron chi connectivity index (χ3n) is 5.28. The lowest BCUT2D eigenvalue weighted by Crippen LogP contribution is -2.50. The van der Waals surface area contributed by atoms with Gasteiger partial charge in [0.15, 0.2) is 0 Å². The zero-order chi connectivity index (χ0) is 17.8. The Bertz CT molecular complexity index is 646. The van der Waals surface area contributed by atoms with E-state index in [1.54, 1.807) is 17.0 Å². The molecule has 1 heterocycles. The predicted octanol–water partition coefficient (Wildman–Crippen LogP) is 1.75. The normalized spacial score (nSPS) is 25.2. The standard InChI is InChI=1S/C19H24N2O4/c1-25-17(22)12-20-18(23)16-11-14-9-5-6-10-15(14)21(16)19(24)13-7-3-2-4-8-13/h2-4,7-8,14-16H,5-6,9-12H2,1H3,(H,20,23)/t14-,15-,16+/m1/s1. The Morgan fingerprint density at radius 3 is 2.60 bits per heavy atom. The van der Waals surface area contributed by atoms with Crippen molar-refractivity contribution in [3.05, 3.63) is 35.9 Å². The van der Waals surface area contributed by atoms with Crippen LogP contribution in [0.3, 0.4) is 0 Å². The predicted molar refractivity (Wildman–Crippen MR) is 91.8 cm³/mol. The molecule has 0 spiro atoms. The first kappa shape index (κ1) is 17.5. The first-order chi connectivity index (χ1) is 12.1. The van der Waals surface area contributed by atoms with Gasteiger partial charge in [-0.25, -0.2) is 0 Å². The summed E-state index contributed by atoms with van der Waals surface area (Å²) in [5.74, 6) is -0.516. The van der Waals surface area contributed by atoms with Crippen molar-refractivity contribution in [1.29, 1.82) is 0 Å². The summed E-state index contributed by atoms with van der Waals surface area (Å²) in [6.45, 7) is -0.172. The van der Waals surface area contributed by atoms with E-state index in [4.69, 9.17) is 0 Å². The fourth-order valence-electron chi connectivity index (χ4n) is 4.07. The summed E-state index contributed by atoms with van der Waals surface area (Å²) in [6.07, 6.45) is 4.87. The molecule has 2 aliphatic rings. The van der Waals surface area contributed by atoms with Crippen molar-refractivity contribution in [2.24, 2.45) is 5.92 Å². The quantitative estimate of drug-likeness (QED) is 0.845. The van der Waals surface area contributed by atoms with E-state index in [0.29, 0.717) is 17.9 Å². The van der Waals surface area contributed by atoms with Gasteiger partial charge in [0.1, 0.15) is 12.6 Å². The topological polar surface area (TPSA) is 75.7 Å². The van der Waals surface area contributed by atoms with Gasteiger partial charge in [-0.2, -0.15) is 0 Å². The molecular formula is C19H24N2O4. The second-order valence-electron chi connectivity index (χ2n) is 6.74. The van der Waals surface area contributed by atoms with Crippen LogP contribution >= 0.6 is 0 Å². The van der Waals surface area contributed by atoms with Gasteiger partial charge >= 0.3 is 5.97 Å². The molecule has 1 saturated heterocycles. The van der Waals surface area contributed by atoms with Crippen molar-refractivity contribution in [3.8, 4) is 0 Å². The number of hydrogen-bond acceptors (Lipinski definition) is 4. The van der Waals surface area contributed by atoms with Gasteiger partial charge in [-0.05, 0) is 37.3 Å². The fraction of sp³-hybridized carbons (Fsp3) is 0.526. The highest BCUT2D eigenvalue weighted by Gasteiger charge is 2.47. The molecule has 2 fully saturated rings. The number of nitrogens with zero attached hydrogens (tertiary/aromatic N) is 1. The number of carbonyl (C=O) groups is 3. The Morgan fingerprint density at radius 2 is 1.88 bits per heavy atom. The van der Waals surface area contributed by atoms with E-state index < -0.39 is 12.0 Å². The number of rotatable bonds is 4. The number of carbonyl (C=O) groups excluding carboxylic acids is 3. The van der Waals surface area contributed by atoms with Crippen LogP contribution in [0.4, 0.5) is 0 Å². The number of amides is 2. The number of esters is 1. The van der Waals surface area contributed by atoms with Gasteiger partial charge in [0.25, 0.3) is 5.91 Å². The smallest absolute Gasteiger partial charge is 0.325 e. The summed E-state index contributed by atoms with van der Waals surface area (Å²) in [5.41, 5.74) is 0.597. The molecule has 1 aliphatic carbocycles. The van der Waals surface area contributed by atoms with Crippen LogP contribution in [-0.4, -0.2) is 48.4 Å². The number of benzene rings is 1. The van der Waals surface area contributed by atoms with Crippen LogP contribution in [0.5, 0.6) is 0 Å². The zero-order valence-electron chi connectivity index (χ0n) is 14.4. The Morgan fingerprint density at radius 1 is 1.16 bits per heavy atom. The number of nitrogens with one attached hydrogen (secondary N) is 1. The maximum atomic E-state index is 13.1. The van der Waals surface area contributed by atoms with Crippen molar-refractivity contribution < 1.29 is 19.1 Å². The number of methoxy groups -OCH3 is 1. The van der Waals surface area contributed by atoms with E-state index in [-0.39, 0.29) is 24.4 Å². The summed E-state index contributed by atoms with van der Waals surface area (Å²) >= 11 is 0. The van der Waals surface area contributed by atoms with Gasteiger partial charge in [-0.15, -0.1) is 0 Å². The first-order valence-corrected chi connectivity index (χ1v) is 8.84.